The average molecular weight is 390 g/mol. The summed E-state index contributed by atoms with van der Waals surface area (Å²) in [7, 11) is 1.09. The van der Waals surface area contributed by atoms with Gasteiger partial charge in [0.05, 0.1) is 10.9 Å². The van der Waals surface area contributed by atoms with Crippen molar-refractivity contribution in [3.05, 3.63) is 64.8 Å². The molecule has 1 aromatic heterocycles. The monoisotopic (exact) mass is 389 g/mol. The number of hydrogen-bond donors (Lipinski definition) is 0. The van der Waals surface area contributed by atoms with Crippen molar-refractivity contribution in [2.45, 2.75) is 64.7 Å². The molecule has 4 rings (SSSR count). The van der Waals surface area contributed by atoms with Gasteiger partial charge in [-0.3, -0.25) is 0 Å². The van der Waals surface area contributed by atoms with Gasteiger partial charge in [0.2, 0.25) is 5.69 Å². The Kier molecular flexibility index (Phi) is 4.63. The minimum absolute atomic E-state index is 0.570. The molecule has 1 saturated heterocycles. The first-order valence-electron chi connectivity index (χ1n) is 11.2. The molecule has 0 radical (unpaired) electrons. The number of rotatable bonds is 2. The van der Waals surface area contributed by atoms with Gasteiger partial charge in [-0.15, -0.1) is 0 Å². The van der Waals surface area contributed by atoms with Gasteiger partial charge in [0.15, 0.2) is 6.17 Å². The van der Waals surface area contributed by atoms with Gasteiger partial charge in [-0.05, 0) is 73.7 Å². The van der Waals surface area contributed by atoms with Crippen LogP contribution in [0.1, 0.15) is 42.4 Å². The molecule has 0 N–H and O–H groups in total. The highest BCUT2D eigenvalue weighted by molar-refractivity contribution is 6.77. The second-order valence-corrected chi connectivity index (χ2v) is 15.0. The summed E-state index contributed by atoms with van der Waals surface area (Å²) in [4.78, 5) is 0. The van der Waals surface area contributed by atoms with Crippen molar-refractivity contribution in [1.29, 1.82) is 0 Å². The number of pyridine rings is 1. The zero-order valence-corrected chi connectivity index (χ0v) is 19.3. The van der Waals surface area contributed by atoms with Crippen LogP contribution in [-0.4, -0.2) is 8.07 Å². The van der Waals surface area contributed by atoms with E-state index in [2.05, 4.69) is 64.2 Å². The summed E-state index contributed by atoms with van der Waals surface area (Å²) in [5.41, 5.74) is 7.79. The zero-order chi connectivity index (χ0) is 20.9. The molecule has 1 aliphatic rings. The number of fused-ring (bicyclic) bond motifs is 1. The van der Waals surface area contributed by atoms with Crippen molar-refractivity contribution in [2.75, 3.05) is 0 Å². The fourth-order valence-corrected chi connectivity index (χ4v) is 7.44. The average Bonchev–Trinajstić information content (AvgIpc) is 2.66. The number of nitrogens with zero attached hydrogens (tertiary/aromatic N) is 1. The molecular formula is C26H34NSi+. The summed E-state index contributed by atoms with van der Waals surface area (Å²) in [6.07, 6.45) is 3.24. The summed E-state index contributed by atoms with van der Waals surface area (Å²) >= 11 is 0. The molecule has 3 aromatic rings. The van der Waals surface area contributed by atoms with E-state index in [4.69, 9.17) is 1.37 Å². The lowest BCUT2D eigenvalue weighted by atomic mass is 9.90. The van der Waals surface area contributed by atoms with E-state index in [1.54, 1.807) is 0 Å². The Labute approximate surface area is 172 Å². The zero-order valence-electron chi connectivity index (χ0n) is 19.3. The van der Waals surface area contributed by atoms with Gasteiger partial charge in [-0.2, -0.15) is 0 Å². The Morgan fingerprint density at radius 2 is 1.71 bits per heavy atom. The smallest absolute Gasteiger partial charge is 0.200 e. The molecule has 0 aliphatic carbocycles. The summed E-state index contributed by atoms with van der Waals surface area (Å²) in [6, 6.07) is 16.5. The SMILES string of the molecule is [2H]c1cc2cc(C3CC[Si](C)(C)CC3)ccc2c(-c2cc(C)cc(C)c2C)[n+]1C. The van der Waals surface area contributed by atoms with Gasteiger partial charge >= 0.3 is 0 Å². The summed E-state index contributed by atoms with van der Waals surface area (Å²) in [5.74, 6) is 0.689. The maximum atomic E-state index is 8.61. The fourth-order valence-electron chi connectivity index (χ4n) is 4.93. The minimum Gasteiger partial charge on any atom is -0.200 e. The van der Waals surface area contributed by atoms with Crippen molar-refractivity contribution in [1.82, 2.24) is 0 Å². The highest BCUT2D eigenvalue weighted by atomic mass is 28.3. The van der Waals surface area contributed by atoms with Crippen LogP contribution in [0.2, 0.25) is 25.2 Å². The largest absolute Gasteiger partial charge is 0.220 e. The highest BCUT2D eigenvalue weighted by Crippen LogP contribution is 2.39. The normalized spacial score (nSPS) is 17.7. The van der Waals surface area contributed by atoms with Gasteiger partial charge in [-0.25, -0.2) is 4.57 Å². The minimum atomic E-state index is -0.939. The van der Waals surface area contributed by atoms with E-state index in [-0.39, 0.29) is 0 Å². The van der Waals surface area contributed by atoms with E-state index < -0.39 is 8.07 Å². The van der Waals surface area contributed by atoms with Crippen LogP contribution in [0, 0.1) is 20.8 Å². The molecule has 0 saturated carbocycles. The summed E-state index contributed by atoms with van der Waals surface area (Å²) in [6.45, 7) is 11.6. The van der Waals surface area contributed by atoms with Crippen LogP contribution < -0.4 is 4.57 Å². The Hall–Kier alpha value is -1.93. The topological polar surface area (TPSA) is 3.88 Å². The van der Waals surface area contributed by atoms with Crippen LogP contribution in [0.3, 0.4) is 0 Å². The van der Waals surface area contributed by atoms with Gasteiger partial charge in [0, 0.05) is 14.1 Å². The maximum absolute atomic E-state index is 8.61. The van der Waals surface area contributed by atoms with Crippen LogP contribution in [-0.2, 0) is 7.05 Å². The van der Waals surface area contributed by atoms with Gasteiger partial charge < -0.3 is 0 Å². The molecule has 0 bridgehead atoms. The molecule has 0 amide bonds. The molecule has 0 spiro atoms. The maximum Gasteiger partial charge on any atom is 0.220 e. The predicted octanol–water partition coefficient (Wildman–Crippen LogP) is 6.84. The van der Waals surface area contributed by atoms with Crippen LogP contribution in [0.5, 0.6) is 0 Å². The van der Waals surface area contributed by atoms with Crippen LogP contribution in [0.25, 0.3) is 22.0 Å². The third kappa shape index (κ3) is 3.55. The van der Waals surface area contributed by atoms with Crippen LogP contribution in [0.4, 0.5) is 0 Å². The van der Waals surface area contributed by atoms with Gasteiger partial charge in [0.25, 0.3) is 0 Å². The lowest BCUT2D eigenvalue weighted by Crippen LogP contribution is -2.31. The van der Waals surface area contributed by atoms with Crippen molar-refractivity contribution in [3.8, 4) is 11.3 Å². The molecule has 0 atom stereocenters. The third-order valence-corrected chi connectivity index (χ3v) is 10.2. The Morgan fingerprint density at radius 1 is 1.00 bits per heavy atom. The number of aromatic nitrogens is 1. The number of hydrogen-bond acceptors (Lipinski definition) is 0. The van der Waals surface area contributed by atoms with Gasteiger partial charge in [-0.1, -0.05) is 48.9 Å². The second-order valence-electron chi connectivity index (χ2n) is 9.72. The molecule has 1 fully saturated rings. The number of benzene rings is 2. The lowest BCUT2D eigenvalue weighted by Gasteiger charge is -2.33. The van der Waals surface area contributed by atoms with Crippen LogP contribution in [0.15, 0.2) is 42.6 Å². The third-order valence-electron chi connectivity index (χ3n) is 6.96. The van der Waals surface area contributed by atoms with Gasteiger partial charge in [0.1, 0.15) is 8.42 Å². The molecule has 2 heterocycles. The Balaban J connectivity index is 1.86. The fraction of sp³-hybridized carbons (Fsp3) is 0.423. The molecule has 2 aromatic carbocycles. The Morgan fingerprint density at radius 3 is 2.43 bits per heavy atom. The van der Waals surface area contributed by atoms with Crippen molar-refractivity contribution >= 4 is 18.8 Å². The highest BCUT2D eigenvalue weighted by Gasteiger charge is 2.29. The predicted molar refractivity (Wildman–Crippen MR) is 124 cm³/mol. The second kappa shape index (κ2) is 7.15. The van der Waals surface area contributed by atoms with Crippen molar-refractivity contribution in [3.63, 3.8) is 0 Å². The van der Waals surface area contributed by atoms with E-state index >= 15 is 0 Å². The van der Waals surface area contributed by atoms with E-state index in [0.29, 0.717) is 12.1 Å². The molecule has 146 valence electrons. The van der Waals surface area contributed by atoms with Crippen molar-refractivity contribution < 1.29 is 5.94 Å². The first kappa shape index (κ1) is 18.1. The molecule has 1 nitrogen and oxygen atoms in total. The van der Waals surface area contributed by atoms with E-state index in [9.17, 15) is 0 Å². The Bertz CT molecular complexity index is 1090. The molecule has 2 heteroatoms. The van der Waals surface area contributed by atoms with E-state index in [1.807, 2.05) is 17.7 Å². The summed E-state index contributed by atoms with van der Waals surface area (Å²) < 4.78 is 10.6. The molecule has 1 aliphatic heterocycles. The first-order chi connectivity index (χ1) is 13.7. The molecular weight excluding hydrogens is 354 g/mol. The lowest BCUT2D eigenvalue weighted by molar-refractivity contribution is -0.659. The van der Waals surface area contributed by atoms with Crippen molar-refractivity contribution in [2.24, 2.45) is 7.05 Å². The van der Waals surface area contributed by atoms with E-state index in [0.717, 1.165) is 0 Å². The summed E-state index contributed by atoms with van der Waals surface area (Å²) in [5, 5.41) is 2.46. The number of aryl methyl sites for hydroxylation is 2. The first-order valence-corrected chi connectivity index (χ1v) is 14.1. The molecule has 0 unspecified atom stereocenters. The van der Waals surface area contributed by atoms with Crippen LogP contribution >= 0.6 is 0 Å². The molecule has 28 heavy (non-hydrogen) atoms. The van der Waals surface area contributed by atoms with E-state index in [1.165, 1.54) is 69.2 Å². The standard InChI is InChI=1S/C26H34NSi/c1-18-15-19(2)20(3)25(16-18)26-24-8-7-22(17-23(24)9-12-27(26)4)21-10-13-28(5,6)14-11-21/h7-9,12,15-17,21H,10-11,13-14H2,1-6H3/q+1/i12D. The quantitative estimate of drug-likeness (QED) is 0.333.